The molecule has 0 spiro atoms. The minimum Gasteiger partial charge on any atom is -0.491 e. The molecule has 1 heterocycles. The topological polar surface area (TPSA) is 47.0 Å². The fourth-order valence-electron chi connectivity index (χ4n) is 1.98. The minimum absolute atomic E-state index is 0.522. The van der Waals surface area contributed by atoms with Gasteiger partial charge in [0.15, 0.2) is 11.6 Å². The van der Waals surface area contributed by atoms with E-state index in [1.807, 2.05) is 7.05 Å². The highest BCUT2D eigenvalue weighted by atomic mass is 16.5. The molecule has 2 rings (SSSR count). The number of nitrogens with zero attached hydrogens (tertiary/aromatic N) is 2. The van der Waals surface area contributed by atoms with Crippen molar-refractivity contribution in [1.29, 1.82) is 0 Å². The number of methoxy groups -OCH3 is 1. The summed E-state index contributed by atoms with van der Waals surface area (Å²) in [4.78, 5) is 8.48. The molecule has 1 aromatic carbocycles. The third kappa shape index (κ3) is 2.67. The molecule has 0 unspecified atom stereocenters. The van der Waals surface area contributed by atoms with Gasteiger partial charge in [-0.2, -0.15) is 0 Å². The second kappa shape index (κ2) is 5.69. The molecule has 0 aliphatic heterocycles. The van der Waals surface area contributed by atoms with Crippen LogP contribution in [0.4, 0.5) is 5.82 Å². The molecule has 0 radical (unpaired) electrons. The zero-order valence-electron chi connectivity index (χ0n) is 11.8. The quantitative estimate of drug-likeness (QED) is 0.912. The lowest BCUT2D eigenvalue weighted by Gasteiger charge is -2.12. The summed E-state index contributed by atoms with van der Waals surface area (Å²) in [5.41, 5.74) is 3.14. The lowest BCUT2D eigenvalue weighted by molar-refractivity contribution is 0.415. The minimum atomic E-state index is 0.522. The number of ether oxygens (including phenoxy) is 1. The Morgan fingerprint density at radius 1 is 1.11 bits per heavy atom. The second-order valence-electron chi connectivity index (χ2n) is 4.63. The van der Waals surface area contributed by atoms with E-state index in [9.17, 15) is 0 Å². The van der Waals surface area contributed by atoms with E-state index in [2.05, 4.69) is 53.4 Å². The van der Waals surface area contributed by atoms with E-state index in [0.29, 0.717) is 17.5 Å². The van der Waals surface area contributed by atoms with Crippen LogP contribution in [-0.4, -0.2) is 24.1 Å². The first-order valence-electron chi connectivity index (χ1n) is 6.34. The number of nitrogens with one attached hydrogen (secondary N) is 1. The molecular weight excluding hydrogens is 238 g/mol. The largest absolute Gasteiger partial charge is 0.491 e. The van der Waals surface area contributed by atoms with Gasteiger partial charge in [-0.1, -0.05) is 38.1 Å². The smallest absolute Gasteiger partial charge is 0.187 e. The zero-order chi connectivity index (χ0) is 13.8. The van der Waals surface area contributed by atoms with Crippen LogP contribution in [0.1, 0.15) is 25.3 Å². The molecule has 19 heavy (non-hydrogen) atoms. The Labute approximate surface area is 113 Å². The van der Waals surface area contributed by atoms with Crippen LogP contribution in [0.2, 0.25) is 0 Å². The molecule has 100 valence electrons. The fourth-order valence-corrected chi connectivity index (χ4v) is 1.98. The molecule has 0 bridgehead atoms. The van der Waals surface area contributed by atoms with Crippen molar-refractivity contribution in [3.05, 3.63) is 36.2 Å². The van der Waals surface area contributed by atoms with Crippen molar-refractivity contribution >= 4 is 5.82 Å². The van der Waals surface area contributed by atoms with E-state index in [1.165, 1.54) is 5.56 Å². The fraction of sp³-hybridized carbons (Fsp3) is 0.333. The van der Waals surface area contributed by atoms with E-state index in [0.717, 1.165) is 11.3 Å². The van der Waals surface area contributed by atoms with Gasteiger partial charge in [0.05, 0.1) is 7.11 Å². The van der Waals surface area contributed by atoms with E-state index in [1.54, 1.807) is 13.4 Å². The Morgan fingerprint density at radius 3 is 2.32 bits per heavy atom. The third-order valence-corrected chi connectivity index (χ3v) is 3.10. The monoisotopic (exact) mass is 257 g/mol. The predicted octanol–water partition coefficient (Wildman–Crippen LogP) is 3.32. The number of anilines is 1. The second-order valence-corrected chi connectivity index (χ2v) is 4.63. The predicted molar refractivity (Wildman–Crippen MR) is 77.7 cm³/mol. The first-order chi connectivity index (χ1) is 9.17. The Balaban J connectivity index is 2.46. The maximum atomic E-state index is 5.41. The molecule has 0 saturated heterocycles. The summed E-state index contributed by atoms with van der Waals surface area (Å²) >= 11 is 0. The van der Waals surface area contributed by atoms with Gasteiger partial charge in [-0.05, 0) is 11.5 Å². The highest BCUT2D eigenvalue weighted by Gasteiger charge is 2.13. The maximum Gasteiger partial charge on any atom is 0.187 e. The van der Waals surface area contributed by atoms with Crippen molar-refractivity contribution in [3.8, 4) is 17.0 Å². The normalized spacial score (nSPS) is 10.6. The summed E-state index contributed by atoms with van der Waals surface area (Å²) in [5, 5.41) is 3.01. The molecule has 4 nitrogen and oxygen atoms in total. The van der Waals surface area contributed by atoms with Gasteiger partial charge in [-0.25, -0.2) is 9.97 Å². The van der Waals surface area contributed by atoms with E-state index >= 15 is 0 Å². The van der Waals surface area contributed by atoms with Crippen LogP contribution in [0.3, 0.4) is 0 Å². The zero-order valence-corrected chi connectivity index (χ0v) is 11.8. The van der Waals surface area contributed by atoms with Gasteiger partial charge in [-0.3, -0.25) is 0 Å². The van der Waals surface area contributed by atoms with Crippen molar-refractivity contribution < 1.29 is 4.74 Å². The van der Waals surface area contributed by atoms with Gasteiger partial charge in [0, 0.05) is 12.6 Å². The van der Waals surface area contributed by atoms with Crippen LogP contribution in [0.25, 0.3) is 11.3 Å². The molecule has 0 saturated carbocycles. The number of aromatic nitrogens is 2. The SMILES string of the molecule is CNc1ncnc(-c2ccc(C(C)C)cc2)c1OC. The van der Waals surface area contributed by atoms with Gasteiger partial charge >= 0.3 is 0 Å². The lowest BCUT2D eigenvalue weighted by Crippen LogP contribution is -2.00. The molecule has 0 aliphatic rings. The summed E-state index contributed by atoms with van der Waals surface area (Å²) < 4.78 is 5.41. The third-order valence-electron chi connectivity index (χ3n) is 3.10. The summed E-state index contributed by atoms with van der Waals surface area (Å²) in [6, 6.07) is 8.39. The number of rotatable bonds is 4. The summed E-state index contributed by atoms with van der Waals surface area (Å²) in [5.74, 6) is 1.89. The van der Waals surface area contributed by atoms with Crippen molar-refractivity contribution in [1.82, 2.24) is 9.97 Å². The van der Waals surface area contributed by atoms with Crippen LogP contribution in [0.15, 0.2) is 30.6 Å². The maximum absolute atomic E-state index is 5.41. The molecular formula is C15H19N3O. The van der Waals surface area contributed by atoms with Crippen LogP contribution < -0.4 is 10.1 Å². The first-order valence-corrected chi connectivity index (χ1v) is 6.34. The van der Waals surface area contributed by atoms with E-state index < -0.39 is 0 Å². The molecule has 2 aromatic rings. The molecule has 0 amide bonds. The Kier molecular flexibility index (Phi) is 4.00. The van der Waals surface area contributed by atoms with Gasteiger partial charge in [0.2, 0.25) is 0 Å². The molecule has 0 aliphatic carbocycles. The van der Waals surface area contributed by atoms with Crippen molar-refractivity contribution in [2.75, 3.05) is 19.5 Å². The molecule has 1 aromatic heterocycles. The van der Waals surface area contributed by atoms with Crippen LogP contribution >= 0.6 is 0 Å². The first kappa shape index (κ1) is 13.3. The average Bonchev–Trinajstić information content (AvgIpc) is 2.46. The number of benzene rings is 1. The highest BCUT2D eigenvalue weighted by Crippen LogP contribution is 2.33. The summed E-state index contributed by atoms with van der Waals surface area (Å²) in [6.45, 7) is 4.36. The molecule has 0 fully saturated rings. The van der Waals surface area contributed by atoms with Gasteiger partial charge < -0.3 is 10.1 Å². The standard InChI is InChI=1S/C15H19N3O/c1-10(2)11-5-7-12(8-6-11)13-14(19-4)15(16-3)18-9-17-13/h5-10H,1-4H3,(H,16,17,18). The van der Waals surface area contributed by atoms with E-state index in [4.69, 9.17) is 4.74 Å². The highest BCUT2D eigenvalue weighted by molar-refractivity contribution is 5.72. The van der Waals surface area contributed by atoms with E-state index in [-0.39, 0.29) is 0 Å². The lowest BCUT2D eigenvalue weighted by atomic mass is 10.0. The van der Waals surface area contributed by atoms with Crippen molar-refractivity contribution in [2.24, 2.45) is 0 Å². The van der Waals surface area contributed by atoms with Gasteiger partial charge in [0.25, 0.3) is 0 Å². The Bertz CT molecular complexity index is 550. The molecule has 0 atom stereocenters. The molecule has 4 heteroatoms. The van der Waals surface area contributed by atoms with Gasteiger partial charge in [-0.15, -0.1) is 0 Å². The van der Waals surface area contributed by atoms with Crippen LogP contribution in [-0.2, 0) is 0 Å². The van der Waals surface area contributed by atoms with Gasteiger partial charge in [0.1, 0.15) is 12.0 Å². The summed E-state index contributed by atoms with van der Waals surface area (Å²) in [6.07, 6.45) is 1.54. The number of hydrogen-bond donors (Lipinski definition) is 1. The van der Waals surface area contributed by atoms with Crippen molar-refractivity contribution in [2.45, 2.75) is 19.8 Å². The van der Waals surface area contributed by atoms with Crippen LogP contribution in [0.5, 0.6) is 5.75 Å². The number of hydrogen-bond acceptors (Lipinski definition) is 4. The van der Waals surface area contributed by atoms with Crippen LogP contribution in [0, 0.1) is 0 Å². The Morgan fingerprint density at radius 2 is 1.79 bits per heavy atom. The van der Waals surface area contributed by atoms with Crippen molar-refractivity contribution in [3.63, 3.8) is 0 Å². The summed E-state index contributed by atoms with van der Waals surface area (Å²) in [7, 11) is 3.45. The molecule has 1 N–H and O–H groups in total. The average molecular weight is 257 g/mol. The Hall–Kier alpha value is -2.10.